The van der Waals surface area contributed by atoms with Crippen LogP contribution in [0.3, 0.4) is 0 Å². The zero-order chi connectivity index (χ0) is 13.5. The van der Waals surface area contributed by atoms with Crippen molar-refractivity contribution in [3.05, 3.63) is 12.2 Å². The second-order valence-electron chi connectivity index (χ2n) is 3.54. The molecule has 0 aliphatic rings. The van der Waals surface area contributed by atoms with E-state index in [2.05, 4.69) is 25.2 Å². The average Bonchev–Trinajstić information content (AvgIpc) is 2.81. The fourth-order valence-corrected chi connectivity index (χ4v) is 1.19. The van der Waals surface area contributed by atoms with E-state index in [0.717, 1.165) is 0 Å². The maximum Gasteiger partial charge on any atom is 0.334 e. The summed E-state index contributed by atoms with van der Waals surface area (Å²) in [5, 5.41) is 17.4. The van der Waals surface area contributed by atoms with E-state index in [9.17, 15) is 9.59 Å². The van der Waals surface area contributed by atoms with Gasteiger partial charge in [0.2, 0.25) is 0 Å². The second-order valence-corrected chi connectivity index (χ2v) is 3.54. The Morgan fingerprint density at radius 2 is 2.39 bits per heavy atom. The summed E-state index contributed by atoms with van der Waals surface area (Å²) in [7, 11) is 2.82. The number of amides is 2. The van der Waals surface area contributed by atoms with E-state index >= 15 is 0 Å². The number of carbonyl (C=O) groups is 2. The highest BCUT2D eigenvalue weighted by atomic mass is 16.5. The number of ether oxygens (including phenoxy) is 1. The van der Waals surface area contributed by atoms with Gasteiger partial charge in [0.05, 0.1) is 13.1 Å². The molecule has 0 saturated heterocycles. The SMILES string of the molecule is COC(CNC(=O)N(C)Cc1ncn[nH]1)C(=O)O. The summed E-state index contributed by atoms with van der Waals surface area (Å²) >= 11 is 0. The number of aromatic nitrogens is 3. The van der Waals surface area contributed by atoms with Gasteiger partial charge in [-0.1, -0.05) is 0 Å². The van der Waals surface area contributed by atoms with Crippen LogP contribution in [0, 0.1) is 0 Å². The molecule has 0 saturated carbocycles. The van der Waals surface area contributed by atoms with E-state index in [-0.39, 0.29) is 13.1 Å². The van der Waals surface area contributed by atoms with E-state index in [1.54, 1.807) is 7.05 Å². The zero-order valence-corrected chi connectivity index (χ0v) is 10.1. The number of hydrogen-bond donors (Lipinski definition) is 3. The highest BCUT2D eigenvalue weighted by Crippen LogP contribution is 1.95. The third-order valence-electron chi connectivity index (χ3n) is 2.20. The minimum atomic E-state index is -1.13. The van der Waals surface area contributed by atoms with Crippen molar-refractivity contribution in [2.24, 2.45) is 0 Å². The topological polar surface area (TPSA) is 120 Å². The Kier molecular flexibility index (Phi) is 5.06. The van der Waals surface area contributed by atoms with Gasteiger partial charge in [-0.15, -0.1) is 0 Å². The monoisotopic (exact) mass is 257 g/mol. The molecule has 0 aliphatic carbocycles. The molecule has 1 aromatic rings. The third-order valence-corrected chi connectivity index (χ3v) is 2.20. The Morgan fingerprint density at radius 1 is 1.67 bits per heavy atom. The van der Waals surface area contributed by atoms with Gasteiger partial charge >= 0.3 is 12.0 Å². The number of aromatic amines is 1. The Hall–Kier alpha value is -2.16. The highest BCUT2D eigenvalue weighted by molar-refractivity contribution is 5.76. The first-order chi connectivity index (χ1) is 8.54. The van der Waals surface area contributed by atoms with E-state index in [1.165, 1.54) is 18.3 Å². The van der Waals surface area contributed by atoms with Crippen molar-refractivity contribution in [1.82, 2.24) is 25.4 Å². The number of hydrogen-bond acceptors (Lipinski definition) is 5. The van der Waals surface area contributed by atoms with Gasteiger partial charge in [0.15, 0.2) is 6.10 Å². The Labute approximate surface area is 103 Å². The van der Waals surface area contributed by atoms with E-state index in [4.69, 9.17) is 5.11 Å². The maximum atomic E-state index is 11.6. The van der Waals surface area contributed by atoms with Crippen LogP contribution in [0.15, 0.2) is 6.33 Å². The molecule has 0 fully saturated rings. The molecule has 9 nitrogen and oxygen atoms in total. The zero-order valence-electron chi connectivity index (χ0n) is 10.1. The number of nitrogens with zero attached hydrogens (tertiary/aromatic N) is 3. The summed E-state index contributed by atoms with van der Waals surface area (Å²) < 4.78 is 4.69. The molecule has 0 aliphatic heterocycles. The number of H-pyrrole nitrogens is 1. The Morgan fingerprint density at radius 3 is 2.89 bits per heavy atom. The number of urea groups is 1. The van der Waals surface area contributed by atoms with Crippen molar-refractivity contribution in [2.75, 3.05) is 20.7 Å². The molecule has 2 amide bonds. The van der Waals surface area contributed by atoms with Crippen LogP contribution in [0.5, 0.6) is 0 Å². The van der Waals surface area contributed by atoms with Crippen LogP contribution in [0.4, 0.5) is 4.79 Å². The molecule has 3 N–H and O–H groups in total. The van der Waals surface area contributed by atoms with Gasteiger partial charge in [-0.25, -0.2) is 14.6 Å². The number of carbonyl (C=O) groups excluding carboxylic acids is 1. The largest absolute Gasteiger partial charge is 0.479 e. The first kappa shape index (κ1) is 13.9. The summed E-state index contributed by atoms with van der Waals surface area (Å²) in [4.78, 5) is 27.5. The predicted octanol–water partition coefficient (Wildman–Crippen LogP) is -0.954. The molecule has 0 aromatic carbocycles. The normalized spacial score (nSPS) is 11.9. The molecule has 1 aromatic heterocycles. The molecule has 1 rings (SSSR count). The standard InChI is InChI=1S/C9H15N5O4/c1-14(4-7-11-5-12-13-7)9(17)10-3-6(18-2)8(15)16/h5-6H,3-4H2,1-2H3,(H,10,17)(H,15,16)(H,11,12,13). The van der Waals surface area contributed by atoms with Crippen molar-refractivity contribution in [1.29, 1.82) is 0 Å². The number of aliphatic carboxylic acids is 1. The van der Waals surface area contributed by atoms with E-state index < -0.39 is 18.1 Å². The molecule has 1 atom stereocenters. The average molecular weight is 257 g/mol. The van der Waals surface area contributed by atoms with Gasteiger partial charge in [-0.05, 0) is 0 Å². The van der Waals surface area contributed by atoms with Gasteiger partial charge in [0, 0.05) is 14.2 Å². The minimum Gasteiger partial charge on any atom is -0.479 e. The minimum absolute atomic E-state index is 0.106. The molecule has 100 valence electrons. The quantitative estimate of drug-likeness (QED) is 0.604. The molecular weight excluding hydrogens is 242 g/mol. The lowest BCUT2D eigenvalue weighted by atomic mass is 10.3. The lowest BCUT2D eigenvalue weighted by Crippen LogP contribution is -2.43. The molecular formula is C9H15N5O4. The van der Waals surface area contributed by atoms with Crippen molar-refractivity contribution in [3.8, 4) is 0 Å². The van der Waals surface area contributed by atoms with Gasteiger partial charge in [0.25, 0.3) is 0 Å². The van der Waals surface area contributed by atoms with Crippen LogP contribution in [0.2, 0.25) is 0 Å². The summed E-state index contributed by atoms with van der Waals surface area (Å²) in [6, 6.07) is -0.422. The van der Waals surface area contributed by atoms with Crippen molar-refractivity contribution in [2.45, 2.75) is 12.6 Å². The van der Waals surface area contributed by atoms with Crippen molar-refractivity contribution < 1.29 is 19.4 Å². The lowest BCUT2D eigenvalue weighted by molar-refractivity contribution is -0.148. The first-order valence-electron chi connectivity index (χ1n) is 5.13. The summed E-state index contributed by atoms with van der Waals surface area (Å²) in [6.07, 6.45) is 0.277. The number of nitrogens with one attached hydrogen (secondary N) is 2. The lowest BCUT2D eigenvalue weighted by Gasteiger charge is -2.18. The molecule has 0 radical (unpaired) electrons. The Bertz CT molecular complexity index is 394. The maximum absolute atomic E-state index is 11.6. The predicted molar refractivity (Wildman–Crippen MR) is 59.7 cm³/mol. The van der Waals surface area contributed by atoms with Gasteiger partial charge < -0.3 is 20.1 Å². The van der Waals surface area contributed by atoms with Crippen LogP contribution in [0.25, 0.3) is 0 Å². The molecule has 18 heavy (non-hydrogen) atoms. The number of methoxy groups -OCH3 is 1. The van der Waals surface area contributed by atoms with Crippen LogP contribution in [0.1, 0.15) is 5.82 Å². The van der Waals surface area contributed by atoms with Gasteiger partial charge in [-0.3, -0.25) is 5.10 Å². The van der Waals surface area contributed by atoms with Crippen LogP contribution in [-0.2, 0) is 16.1 Å². The van der Waals surface area contributed by atoms with Crippen LogP contribution in [-0.4, -0.2) is 64.0 Å². The van der Waals surface area contributed by atoms with Gasteiger partial charge in [0.1, 0.15) is 12.2 Å². The van der Waals surface area contributed by atoms with Gasteiger partial charge in [-0.2, -0.15) is 5.10 Å². The smallest absolute Gasteiger partial charge is 0.334 e. The molecule has 1 heterocycles. The third kappa shape index (κ3) is 4.01. The van der Waals surface area contributed by atoms with Crippen LogP contribution >= 0.6 is 0 Å². The summed E-state index contributed by atoms with van der Waals surface area (Å²) in [5.41, 5.74) is 0. The summed E-state index contributed by atoms with van der Waals surface area (Å²) in [6.45, 7) is 0.141. The highest BCUT2D eigenvalue weighted by Gasteiger charge is 2.18. The van der Waals surface area contributed by atoms with E-state index in [1.807, 2.05) is 0 Å². The molecule has 0 bridgehead atoms. The van der Waals surface area contributed by atoms with Crippen molar-refractivity contribution >= 4 is 12.0 Å². The Balaban J connectivity index is 2.38. The molecule has 9 heteroatoms. The number of carboxylic acids is 1. The first-order valence-corrected chi connectivity index (χ1v) is 5.13. The molecule has 0 spiro atoms. The fraction of sp³-hybridized carbons (Fsp3) is 0.556. The van der Waals surface area contributed by atoms with E-state index in [0.29, 0.717) is 5.82 Å². The molecule has 1 unspecified atom stereocenters. The fourth-order valence-electron chi connectivity index (χ4n) is 1.19. The van der Waals surface area contributed by atoms with Crippen molar-refractivity contribution in [3.63, 3.8) is 0 Å². The van der Waals surface area contributed by atoms with Crippen LogP contribution < -0.4 is 5.32 Å². The summed E-state index contributed by atoms with van der Waals surface area (Å²) in [5.74, 6) is -0.593. The number of rotatable bonds is 6. The number of carboxylic acid groups (broad SMARTS) is 1. The second kappa shape index (κ2) is 6.55.